The Morgan fingerprint density at radius 3 is 2.29 bits per heavy atom. The second kappa shape index (κ2) is 9.68. The molecule has 0 radical (unpaired) electrons. The topological polar surface area (TPSA) is 120 Å². The third-order valence-electron chi connectivity index (χ3n) is 4.32. The van der Waals surface area contributed by atoms with Crippen molar-refractivity contribution in [2.24, 2.45) is 5.10 Å². The SMILES string of the molecule is C/C(=N\Nc1ccc([N+](=O)[O-])cc1[N+](=O)[O-])c1ccc(OCc2ccc(Cl)cc2)cc1. The van der Waals surface area contributed by atoms with Crippen molar-refractivity contribution in [3.05, 3.63) is 103 Å². The van der Waals surface area contributed by atoms with Crippen LogP contribution in [0.25, 0.3) is 0 Å². The molecule has 0 aromatic heterocycles. The standard InChI is InChI=1S/C21H17ClN4O5/c1-14(23-24-20-11-8-18(25(27)28)12-21(20)26(29)30)16-4-9-19(10-5-16)31-13-15-2-6-17(22)7-3-15/h2-12,24H,13H2,1H3/b23-14+. The number of benzene rings is 3. The lowest BCUT2D eigenvalue weighted by atomic mass is 10.1. The summed E-state index contributed by atoms with van der Waals surface area (Å²) in [5.74, 6) is 0.672. The van der Waals surface area contributed by atoms with Gasteiger partial charge in [0, 0.05) is 11.1 Å². The summed E-state index contributed by atoms with van der Waals surface area (Å²) in [7, 11) is 0. The van der Waals surface area contributed by atoms with Gasteiger partial charge in [0.1, 0.15) is 18.0 Å². The van der Waals surface area contributed by atoms with Crippen molar-refractivity contribution in [2.45, 2.75) is 13.5 Å². The molecule has 9 nitrogen and oxygen atoms in total. The zero-order valence-corrected chi connectivity index (χ0v) is 17.1. The summed E-state index contributed by atoms with van der Waals surface area (Å²) in [4.78, 5) is 20.6. The van der Waals surface area contributed by atoms with Gasteiger partial charge in [0.15, 0.2) is 0 Å². The van der Waals surface area contributed by atoms with Crippen molar-refractivity contribution in [2.75, 3.05) is 5.43 Å². The lowest BCUT2D eigenvalue weighted by Gasteiger charge is -2.08. The molecular formula is C21H17ClN4O5. The fourth-order valence-electron chi connectivity index (χ4n) is 2.63. The Balaban J connectivity index is 1.67. The van der Waals surface area contributed by atoms with Crippen LogP contribution in [0.3, 0.4) is 0 Å². The number of hydrazone groups is 1. The van der Waals surface area contributed by atoms with Crippen LogP contribution in [0.5, 0.6) is 5.75 Å². The normalized spacial score (nSPS) is 11.1. The van der Waals surface area contributed by atoms with Crippen molar-refractivity contribution < 1.29 is 14.6 Å². The van der Waals surface area contributed by atoms with Crippen LogP contribution < -0.4 is 10.2 Å². The van der Waals surface area contributed by atoms with Crippen LogP contribution in [0, 0.1) is 20.2 Å². The quantitative estimate of drug-likeness (QED) is 0.277. The largest absolute Gasteiger partial charge is 0.489 e. The van der Waals surface area contributed by atoms with E-state index in [1.165, 1.54) is 12.1 Å². The lowest BCUT2D eigenvalue weighted by molar-refractivity contribution is -0.393. The number of rotatable bonds is 8. The maximum atomic E-state index is 11.2. The van der Waals surface area contributed by atoms with Crippen LogP contribution in [0.4, 0.5) is 17.1 Å². The summed E-state index contributed by atoms with van der Waals surface area (Å²) in [6, 6.07) is 17.9. The van der Waals surface area contributed by atoms with Gasteiger partial charge in [0.25, 0.3) is 5.69 Å². The van der Waals surface area contributed by atoms with E-state index in [0.29, 0.717) is 23.1 Å². The van der Waals surface area contributed by atoms with Crippen LogP contribution in [0.15, 0.2) is 71.8 Å². The molecule has 0 bridgehead atoms. The van der Waals surface area contributed by atoms with Crippen LogP contribution >= 0.6 is 11.6 Å². The molecule has 0 spiro atoms. The highest BCUT2D eigenvalue weighted by atomic mass is 35.5. The average Bonchev–Trinajstić information content (AvgIpc) is 2.77. The average molecular weight is 441 g/mol. The number of nitrogens with zero attached hydrogens (tertiary/aromatic N) is 3. The van der Waals surface area contributed by atoms with E-state index >= 15 is 0 Å². The smallest absolute Gasteiger partial charge is 0.301 e. The van der Waals surface area contributed by atoms with E-state index in [4.69, 9.17) is 16.3 Å². The van der Waals surface area contributed by atoms with Gasteiger partial charge in [0.05, 0.1) is 21.6 Å². The van der Waals surface area contributed by atoms with Gasteiger partial charge in [-0.1, -0.05) is 23.7 Å². The number of nitro groups is 2. The Hall–Kier alpha value is -3.98. The van der Waals surface area contributed by atoms with Gasteiger partial charge in [-0.25, -0.2) is 0 Å². The summed E-state index contributed by atoms with van der Waals surface area (Å²) in [5, 5.41) is 26.8. The van der Waals surface area contributed by atoms with Crippen LogP contribution in [-0.4, -0.2) is 15.6 Å². The van der Waals surface area contributed by atoms with Gasteiger partial charge in [-0.3, -0.25) is 25.7 Å². The van der Waals surface area contributed by atoms with E-state index in [9.17, 15) is 20.2 Å². The maximum absolute atomic E-state index is 11.2. The van der Waals surface area contributed by atoms with Gasteiger partial charge >= 0.3 is 5.69 Å². The van der Waals surface area contributed by atoms with Gasteiger partial charge in [-0.05, 0) is 60.5 Å². The molecule has 0 fully saturated rings. The van der Waals surface area contributed by atoms with Crippen LogP contribution in [-0.2, 0) is 6.61 Å². The first-order chi connectivity index (χ1) is 14.8. The molecule has 1 N–H and O–H groups in total. The molecule has 31 heavy (non-hydrogen) atoms. The molecule has 0 aliphatic heterocycles. The predicted octanol–water partition coefficient (Wildman–Crippen LogP) is 5.57. The van der Waals surface area contributed by atoms with Crippen molar-refractivity contribution in [1.82, 2.24) is 0 Å². The molecule has 0 heterocycles. The first-order valence-electron chi connectivity index (χ1n) is 9.04. The minimum absolute atomic E-state index is 0.0536. The number of nitro benzene ring substituents is 2. The zero-order valence-electron chi connectivity index (χ0n) is 16.3. The van der Waals surface area contributed by atoms with Gasteiger partial charge in [-0.15, -0.1) is 0 Å². The van der Waals surface area contributed by atoms with Gasteiger partial charge in [-0.2, -0.15) is 5.10 Å². The fraction of sp³-hybridized carbons (Fsp3) is 0.0952. The van der Waals surface area contributed by atoms with E-state index in [2.05, 4.69) is 10.5 Å². The molecule has 158 valence electrons. The molecule has 0 aliphatic carbocycles. The number of nitrogens with one attached hydrogen (secondary N) is 1. The summed E-state index contributed by atoms with van der Waals surface area (Å²) in [5.41, 5.74) is 4.18. The third kappa shape index (κ3) is 5.77. The van der Waals surface area contributed by atoms with Crippen LogP contribution in [0.2, 0.25) is 5.02 Å². The predicted molar refractivity (Wildman–Crippen MR) is 118 cm³/mol. The molecule has 0 saturated carbocycles. The highest BCUT2D eigenvalue weighted by molar-refractivity contribution is 6.30. The number of ether oxygens (including phenoxy) is 1. The monoisotopic (exact) mass is 440 g/mol. The van der Waals surface area contributed by atoms with Crippen LogP contribution in [0.1, 0.15) is 18.1 Å². The minimum Gasteiger partial charge on any atom is -0.489 e. The molecule has 3 rings (SSSR count). The molecule has 3 aromatic carbocycles. The highest BCUT2D eigenvalue weighted by Crippen LogP contribution is 2.29. The van der Waals surface area contributed by atoms with Crippen molar-refractivity contribution in [1.29, 1.82) is 0 Å². The molecule has 0 unspecified atom stereocenters. The summed E-state index contributed by atoms with van der Waals surface area (Å²) in [6.07, 6.45) is 0. The van der Waals surface area contributed by atoms with E-state index in [-0.39, 0.29) is 11.4 Å². The first-order valence-corrected chi connectivity index (χ1v) is 9.42. The number of anilines is 1. The zero-order chi connectivity index (χ0) is 22.4. The third-order valence-corrected chi connectivity index (χ3v) is 4.58. The molecular weight excluding hydrogens is 424 g/mol. The molecule has 10 heteroatoms. The van der Waals surface area contributed by atoms with Crippen molar-refractivity contribution in [3.8, 4) is 5.75 Å². The van der Waals surface area contributed by atoms with Crippen molar-refractivity contribution >= 4 is 34.4 Å². The van der Waals surface area contributed by atoms with E-state index in [1.807, 2.05) is 24.3 Å². The number of halogens is 1. The molecule has 3 aromatic rings. The Labute approximate surface area is 182 Å². The number of non-ortho nitro benzene ring substituents is 1. The highest BCUT2D eigenvalue weighted by Gasteiger charge is 2.19. The molecule has 0 amide bonds. The number of hydrogen-bond donors (Lipinski definition) is 1. The van der Waals surface area contributed by atoms with E-state index in [1.54, 1.807) is 31.2 Å². The van der Waals surface area contributed by atoms with E-state index < -0.39 is 15.5 Å². The summed E-state index contributed by atoms with van der Waals surface area (Å²) < 4.78 is 5.74. The Morgan fingerprint density at radius 2 is 1.68 bits per heavy atom. The number of hydrogen-bond acceptors (Lipinski definition) is 7. The fourth-order valence-corrected chi connectivity index (χ4v) is 2.75. The summed E-state index contributed by atoms with van der Waals surface area (Å²) >= 11 is 5.87. The summed E-state index contributed by atoms with van der Waals surface area (Å²) in [6.45, 7) is 2.13. The van der Waals surface area contributed by atoms with E-state index in [0.717, 1.165) is 17.2 Å². The maximum Gasteiger partial charge on any atom is 0.301 e. The van der Waals surface area contributed by atoms with Gasteiger partial charge < -0.3 is 4.74 Å². The second-order valence-electron chi connectivity index (χ2n) is 6.46. The second-order valence-corrected chi connectivity index (χ2v) is 6.90. The minimum atomic E-state index is -0.701. The Kier molecular flexibility index (Phi) is 6.78. The molecule has 0 aliphatic rings. The van der Waals surface area contributed by atoms with Crippen molar-refractivity contribution in [3.63, 3.8) is 0 Å². The lowest BCUT2D eigenvalue weighted by Crippen LogP contribution is -2.02. The Bertz CT molecular complexity index is 1130. The Morgan fingerprint density at radius 1 is 1.00 bits per heavy atom. The molecule has 0 atom stereocenters. The first kappa shape index (κ1) is 21.7. The van der Waals surface area contributed by atoms with Gasteiger partial charge in [0.2, 0.25) is 0 Å². The molecule has 0 saturated heterocycles.